The Labute approximate surface area is 131 Å². The van der Waals surface area contributed by atoms with Gasteiger partial charge in [-0.1, -0.05) is 0 Å². The van der Waals surface area contributed by atoms with Crippen LogP contribution in [0.3, 0.4) is 0 Å². The van der Waals surface area contributed by atoms with Crippen molar-refractivity contribution in [2.75, 3.05) is 0 Å². The van der Waals surface area contributed by atoms with Crippen LogP contribution >= 0.6 is 11.3 Å². The summed E-state index contributed by atoms with van der Waals surface area (Å²) in [4.78, 5) is 15.2. The van der Waals surface area contributed by atoms with Crippen molar-refractivity contribution in [3.8, 4) is 0 Å². The first kappa shape index (κ1) is 15.1. The van der Waals surface area contributed by atoms with Gasteiger partial charge in [-0.15, -0.1) is 11.3 Å². The van der Waals surface area contributed by atoms with E-state index in [1.165, 1.54) is 24.3 Å². The lowest BCUT2D eigenvalue weighted by Crippen LogP contribution is -2.23. The minimum absolute atomic E-state index is 0.0372. The van der Waals surface area contributed by atoms with Gasteiger partial charge in [-0.25, -0.2) is 22.9 Å². The Balaban J connectivity index is 1.68. The molecule has 22 heavy (non-hydrogen) atoms. The van der Waals surface area contributed by atoms with Crippen LogP contribution in [-0.4, -0.2) is 24.5 Å². The van der Waals surface area contributed by atoms with Gasteiger partial charge < -0.3 is 5.11 Å². The van der Waals surface area contributed by atoms with Crippen LogP contribution in [0.1, 0.15) is 39.8 Å². The average Bonchev–Trinajstić information content (AvgIpc) is 3.24. The van der Waals surface area contributed by atoms with Gasteiger partial charge in [0.15, 0.2) is 0 Å². The zero-order valence-corrected chi connectivity index (χ0v) is 13.2. The van der Waals surface area contributed by atoms with Crippen molar-refractivity contribution in [1.82, 2.24) is 9.71 Å². The number of thiazole rings is 1. The fourth-order valence-electron chi connectivity index (χ4n) is 1.95. The van der Waals surface area contributed by atoms with Gasteiger partial charge in [-0.05, 0) is 37.1 Å². The number of benzene rings is 1. The number of aromatic nitrogens is 1. The molecule has 1 aromatic heterocycles. The SMILES string of the molecule is O=C(O)c1ccc(S(=O)(=O)NCc2csc(C3CC3)n2)cc1. The molecule has 0 bridgehead atoms. The Morgan fingerprint density at radius 2 is 2.00 bits per heavy atom. The normalized spacial score (nSPS) is 14.9. The van der Waals surface area contributed by atoms with Gasteiger partial charge in [-0.3, -0.25) is 0 Å². The molecular weight excluding hydrogens is 324 g/mol. The summed E-state index contributed by atoms with van der Waals surface area (Å²) in [7, 11) is -3.67. The molecule has 8 heteroatoms. The summed E-state index contributed by atoms with van der Waals surface area (Å²) in [6.07, 6.45) is 2.32. The number of aromatic carboxylic acids is 1. The fraction of sp³-hybridized carbons (Fsp3) is 0.286. The van der Waals surface area contributed by atoms with E-state index in [9.17, 15) is 13.2 Å². The van der Waals surface area contributed by atoms with Crippen molar-refractivity contribution in [3.05, 3.63) is 45.9 Å². The summed E-state index contributed by atoms with van der Waals surface area (Å²) in [5.74, 6) is -0.536. The molecule has 0 amide bonds. The number of nitrogens with one attached hydrogen (secondary N) is 1. The van der Waals surface area contributed by atoms with Gasteiger partial charge in [-0.2, -0.15) is 0 Å². The van der Waals surface area contributed by atoms with Gasteiger partial charge >= 0.3 is 5.97 Å². The molecule has 0 radical (unpaired) electrons. The zero-order valence-electron chi connectivity index (χ0n) is 11.5. The van der Waals surface area contributed by atoms with E-state index in [-0.39, 0.29) is 17.0 Å². The monoisotopic (exact) mass is 338 g/mol. The van der Waals surface area contributed by atoms with Crippen LogP contribution in [0.15, 0.2) is 34.5 Å². The molecule has 0 aliphatic heterocycles. The van der Waals surface area contributed by atoms with Gasteiger partial charge in [0, 0.05) is 11.3 Å². The molecule has 1 saturated carbocycles. The maximum Gasteiger partial charge on any atom is 0.335 e. The van der Waals surface area contributed by atoms with Crippen LogP contribution in [0.2, 0.25) is 0 Å². The Morgan fingerprint density at radius 1 is 1.32 bits per heavy atom. The number of nitrogens with zero attached hydrogens (tertiary/aromatic N) is 1. The minimum atomic E-state index is -3.67. The summed E-state index contributed by atoms with van der Waals surface area (Å²) in [6, 6.07) is 5.10. The third kappa shape index (κ3) is 3.34. The van der Waals surface area contributed by atoms with E-state index in [1.807, 2.05) is 5.38 Å². The molecule has 1 heterocycles. The van der Waals surface area contributed by atoms with Crippen LogP contribution in [0, 0.1) is 0 Å². The lowest BCUT2D eigenvalue weighted by Gasteiger charge is -2.05. The third-order valence-electron chi connectivity index (χ3n) is 3.35. The molecule has 2 aromatic rings. The second-order valence-electron chi connectivity index (χ2n) is 5.11. The van der Waals surface area contributed by atoms with E-state index in [0.29, 0.717) is 11.6 Å². The minimum Gasteiger partial charge on any atom is -0.478 e. The number of rotatable bonds is 6. The highest BCUT2D eigenvalue weighted by Crippen LogP contribution is 2.41. The largest absolute Gasteiger partial charge is 0.478 e. The second-order valence-corrected chi connectivity index (χ2v) is 7.76. The van der Waals surface area contributed by atoms with Crippen molar-refractivity contribution < 1.29 is 18.3 Å². The summed E-state index contributed by atoms with van der Waals surface area (Å²) < 4.78 is 26.8. The molecule has 1 aromatic carbocycles. The molecule has 116 valence electrons. The van der Waals surface area contributed by atoms with Crippen molar-refractivity contribution in [2.24, 2.45) is 0 Å². The van der Waals surface area contributed by atoms with Crippen molar-refractivity contribution in [2.45, 2.75) is 30.2 Å². The van der Waals surface area contributed by atoms with Crippen molar-refractivity contribution in [3.63, 3.8) is 0 Å². The molecule has 6 nitrogen and oxygen atoms in total. The molecule has 0 spiro atoms. The van der Waals surface area contributed by atoms with E-state index >= 15 is 0 Å². The van der Waals surface area contributed by atoms with E-state index in [1.54, 1.807) is 11.3 Å². The highest BCUT2D eigenvalue weighted by atomic mass is 32.2. The molecule has 0 atom stereocenters. The van der Waals surface area contributed by atoms with Crippen LogP contribution in [0.5, 0.6) is 0 Å². The topological polar surface area (TPSA) is 96.4 Å². The molecular formula is C14H14N2O4S2. The van der Waals surface area contributed by atoms with Crippen LogP contribution in [-0.2, 0) is 16.6 Å². The Bertz CT molecular complexity index is 793. The Kier molecular flexibility index (Phi) is 3.98. The second kappa shape index (κ2) is 5.79. The molecule has 1 aliphatic rings. The Morgan fingerprint density at radius 3 is 2.59 bits per heavy atom. The average molecular weight is 338 g/mol. The van der Waals surface area contributed by atoms with Crippen LogP contribution in [0.4, 0.5) is 0 Å². The smallest absolute Gasteiger partial charge is 0.335 e. The maximum absolute atomic E-state index is 12.2. The summed E-state index contributed by atoms with van der Waals surface area (Å²) >= 11 is 1.56. The summed E-state index contributed by atoms with van der Waals surface area (Å²) in [5.41, 5.74) is 0.755. The van der Waals surface area contributed by atoms with Crippen LogP contribution < -0.4 is 4.72 Å². The standard InChI is InChI=1S/C14H14N2O4S2/c17-14(18)10-3-5-12(6-4-10)22(19,20)15-7-11-8-21-13(16-11)9-1-2-9/h3-6,8-9,15H,1-2,7H2,(H,17,18). The lowest BCUT2D eigenvalue weighted by molar-refractivity contribution is 0.0696. The first-order valence-electron chi connectivity index (χ1n) is 6.73. The van der Waals surface area contributed by atoms with Crippen molar-refractivity contribution in [1.29, 1.82) is 0 Å². The van der Waals surface area contributed by atoms with E-state index in [4.69, 9.17) is 5.11 Å². The van der Waals surface area contributed by atoms with Gasteiger partial charge in [0.25, 0.3) is 0 Å². The predicted octanol–water partition coefficient (Wildman–Crippen LogP) is 2.20. The molecule has 1 fully saturated rings. The number of sulfonamides is 1. The van der Waals surface area contributed by atoms with Gasteiger partial charge in [0.1, 0.15) is 0 Å². The molecule has 0 saturated heterocycles. The maximum atomic E-state index is 12.2. The van der Waals surface area contributed by atoms with Gasteiger partial charge in [0.2, 0.25) is 10.0 Å². The highest BCUT2D eigenvalue weighted by molar-refractivity contribution is 7.89. The number of carboxylic acids is 1. The van der Waals surface area contributed by atoms with Crippen molar-refractivity contribution >= 4 is 27.3 Å². The van der Waals surface area contributed by atoms with Crippen LogP contribution in [0.25, 0.3) is 0 Å². The quantitative estimate of drug-likeness (QED) is 0.842. The number of carbonyl (C=O) groups is 1. The lowest BCUT2D eigenvalue weighted by atomic mass is 10.2. The molecule has 1 aliphatic carbocycles. The molecule has 2 N–H and O–H groups in total. The summed E-state index contributed by atoms with van der Waals surface area (Å²) in [5, 5.41) is 11.7. The zero-order chi connectivity index (χ0) is 15.7. The number of carboxylic acid groups (broad SMARTS) is 1. The number of hydrogen-bond donors (Lipinski definition) is 2. The first-order valence-corrected chi connectivity index (χ1v) is 9.09. The van der Waals surface area contributed by atoms with E-state index in [2.05, 4.69) is 9.71 Å². The number of hydrogen-bond acceptors (Lipinski definition) is 5. The first-order chi connectivity index (χ1) is 10.5. The van der Waals surface area contributed by atoms with Gasteiger partial charge in [0.05, 0.1) is 27.7 Å². The van der Waals surface area contributed by atoms with E-state index in [0.717, 1.165) is 17.8 Å². The molecule has 0 unspecified atom stereocenters. The summed E-state index contributed by atoms with van der Waals surface area (Å²) in [6.45, 7) is 0.131. The molecule has 3 rings (SSSR count). The van der Waals surface area contributed by atoms with E-state index < -0.39 is 16.0 Å². The highest BCUT2D eigenvalue weighted by Gasteiger charge is 2.26. The third-order valence-corrected chi connectivity index (χ3v) is 5.82. The Hall–Kier alpha value is -1.77. The fourth-order valence-corrected chi connectivity index (χ4v) is 3.94. The predicted molar refractivity (Wildman–Crippen MR) is 81.5 cm³/mol.